The molecule has 0 saturated heterocycles. The molecule has 0 saturated carbocycles. The maximum atomic E-state index is 16.9. The molecule has 12 nitrogen and oxygen atoms in total. The van der Waals surface area contributed by atoms with E-state index in [0.29, 0.717) is 33.9 Å². The average Bonchev–Trinajstić information content (AvgIpc) is 1.38. The zero-order valence-corrected chi connectivity index (χ0v) is 53.3. The second kappa shape index (κ2) is 11.0. The van der Waals surface area contributed by atoms with E-state index in [2.05, 4.69) is 101 Å². The first-order chi connectivity index (χ1) is 45.5. The summed E-state index contributed by atoms with van der Waals surface area (Å²) in [4.78, 5) is 62.8. The molecule has 12 heteroatoms. The normalized spacial score (nSPS) is 27.6. The molecule has 0 amide bonds. The fourth-order valence-corrected chi connectivity index (χ4v) is 26.3. The van der Waals surface area contributed by atoms with E-state index in [1.165, 1.54) is 162 Å². The molecule has 22 aromatic rings. The topological polar surface area (TPSA) is 125 Å². The maximum absolute atomic E-state index is 16.9. The smallest absolute Gasteiger partial charge is 0.248 e. The van der Waals surface area contributed by atoms with Crippen LogP contribution in [0.1, 0.15) is 139 Å². The Morgan fingerprint density at radius 3 is 0.958 bits per heavy atom. The third-order valence-corrected chi connectivity index (χ3v) is 27.3. The molecular weight excluding hydrogens is 1190 g/mol. The van der Waals surface area contributed by atoms with Gasteiger partial charge in [-0.05, 0) is 323 Å². The van der Waals surface area contributed by atoms with Crippen molar-refractivity contribution in [2.75, 3.05) is 12.4 Å². The van der Waals surface area contributed by atoms with Gasteiger partial charge in [0.15, 0.2) is 17.0 Å². The number of anilines is 1. The van der Waals surface area contributed by atoms with E-state index < -0.39 is 56.1 Å². The Labute approximate surface area is 531 Å². The van der Waals surface area contributed by atoms with Crippen LogP contribution in [0.2, 0.25) is 0 Å². The summed E-state index contributed by atoms with van der Waals surface area (Å²) in [6, 6.07) is 8.12. The van der Waals surface area contributed by atoms with Gasteiger partial charge in [-0.2, -0.15) is 0 Å². The molecule has 0 unspecified atom stereocenters. The molecular formula is C83H45NO11. The molecule has 448 valence electrons. The van der Waals surface area contributed by atoms with Gasteiger partial charge in [0.25, 0.3) is 0 Å². The van der Waals surface area contributed by atoms with Gasteiger partial charge in [-0.15, -0.1) is 0 Å². The Kier molecular flexibility index (Phi) is 5.29. The quantitative estimate of drug-likeness (QED) is 0.0728. The molecule has 1 aliphatic heterocycles. The number of rotatable bonds is 11. The SMILES string of the molecule is COc1ccc(N[C@]23OC4=C5C6=C2[C@@]2(OOC(C)(C)C)c7c8c9c%10c(c%11c%12c%13c(c%14c%15c%16c(c%17c%18c%19c(c2c2c7c7c9c9c%20c%10c%12c%10c%12c%13c%15c%13c%15c%16c%18c%16c%18c%19c2c2c7c9c7c(c%20%10)c(c%12%13)c(c%15%16)c7c2%18)[C@@]%173OOC(C)(C)C)[C@]4%14OOC(C)(C)C)[C@]5%11OOC(C)(C)C)[C@]68O)cc1. The number of methoxy groups -OCH3 is 1. The molecule has 22 aromatic carbocycles. The van der Waals surface area contributed by atoms with Crippen molar-refractivity contribution >= 4 is 221 Å². The Morgan fingerprint density at radius 2 is 0.589 bits per heavy atom. The highest BCUT2D eigenvalue weighted by Gasteiger charge is 2.87. The zero-order chi connectivity index (χ0) is 61.9. The summed E-state index contributed by atoms with van der Waals surface area (Å²) < 4.78 is 15.2. The summed E-state index contributed by atoms with van der Waals surface area (Å²) in [7, 11) is 1.70. The van der Waals surface area contributed by atoms with Crippen LogP contribution in [0.15, 0.2) is 46.7 Å². The van der Waals surface area contributed by atoms with Crippen LogP contribution in [-0.2, 0) is 71.8 Å². The van der Waals surface area contributed by atoms with Crippen LogP contribution in [0, 0.1) is 0 Å². The van der Waals surface area contributed by atoms with Crippen molar-refractivity contribution < 1.29 is 53.7 Å². The molecule has 95 heavy (non-hydrogen) atoms. The number of ether oxygens (including phenoxy) is 2. The first-order valence-corrected chi connectivity index (χ1v) is 34.1. The minimum atomic E-state index is -2.00. The minimum Gasteiger partial charge on any atom is -0.497 e. The van der Waals surface area contributed by atoms with Gasteiger partial charge in [-0.25, -0.2) is 39.1 Å². The standard InChI is InChI=1S/C83H45NO11/c1-74(2,3)88-92-79-62-52-42-32-25-20-21-23-24-22(20)27-34(32)44-45-35(27)37-29(24)39-38-28(23)36-33-26(21)31-30(25)40(42)50-51-41(31)43(33)53-56-46(36)48(38)58-59-49(39)47(37)57-55(45)65(64(79)54(44)52)81(94-90-76(7,8)9)67(57)69(59)82(95-91-77(10,11)12)68(58)66(56)80(93-89-75(4,5)6)63(53)61(51)78(85,60(50)62)70-71(79)73(81)87-83(82,72(70)80)84-18-14-16-19(86-13)17-15-18/h14-17,84-85H,1-13H3/t78-,79+,80-,81+,82-,83+/m1/s1. The Morgan fingerprint density at radius 1 is 0.316 bits per heavy atom. The van der Waals surface area contributed by atoms with Crippen LogP contribution < -0.4 is 10.1 Å². The van der Waals surface area contributed by atoms with E-state index >= 15 is 5.11 Å². The van der Waals surface area contributed by atoms with Gasteiger partial charge < -0.3 is 19.9 Å². The second-order valence-corrected chi connectivity index (χ2v) is 35.4. The van der Waals surface area contributed by atoms with Crippen molar-refractivity contribution in [1.29, 1.82) is 0 Å². The first-order valence-electron chi connectivity index (χ1n) is 34.1. The fraction of sp³-hybridized carbons (Fsp3) is 0.277. The first kappa shape index (κ1) is 45.6. The average molecular weight is 1230 g/mol. The van der Waals surface area contributed by atoms with Gasteiger partial charge in [0, 0.05) is 78.0 Å². The predicted molar refractivity (Wildman–Crippen MR) is 366 cm³/mol. The molecule has 1 heterocycles. The van der Waals surface area contributed by atoms with Gasteiger partial charge >= 0.3 is 0 Å². The second-order valence-electron chi connectivity index (χ2n) is 35.4. The molecule has 0 fully saturated rings. The third-order valence-electron chi connectivity index (χ3n) is 27.3. The van der Waals surface area contributed by atoms with Gasteiger partial charge in [0.2, 0.25) is 16.9 Å². The maximum Gasteiger partial charge on any atom is 0.248 e. The predicted octanol–water partition coefficient (Wildman–Crippen LogP) is 18.8. The number of hydrogen-bond acceptors (Lipinski definition) is 12. The highest BCUT2D eigenvalue weighted by Crippen LogP contribution is 2.90. The highest BCUT2D eigenvalue weighted by molar-refractivity contribution is 6.77. The lowest BCUT2D eigenvalue weighted by Crippen LogP contribution is -2.71. The van der Waals surface area contributed by atoms with Gasteiger partial charge in [0.05, 0.1) is 29.5 Å². The number of fused-ring (bicyclic) bond motifs is 5. The van der Waals surface area contributed by atoms with Crippen LogP contribution in [0.3, 0.4) is 0 Å². The largest absolute Gasteiger partial charge is 0.497 e. The number of benzene rings is 16. The summed E-state index contributed by atoms with van der Waals surface area (Å²) in [5.41, 5.74) is -2.79. The lowest BCUT2D eigenvalue weighted by Gasteiger charge is -2.64. The van der Waals surface area contributed by atoms with E-state index in [4.69, 9.17) is 43.8 Å². The van der Waals surface area contributed by atoms with Gasteiger partial charge in [-0.1, -0.05) is 0 Å². The minimum absolute atomic E-state index is 0.439. The van der Waals surface area contributed by atoms with Gasteiger partial charge in [0.1, 0.15) is 11.4 Å². The molecule has 0 bridgehead atoms. The summed E-state index contributed by atoms with van der Waals surface area (Å²) >= 11 is 0. The monoisotopic (exact) mass is 1230 g/mol. The molecule has 10 aliphatic rings. The fourth-order valence-electron chi connectivity index (χ4n) is 26.3. The number of aliphatic hydroxyl groups is 1. The highest BCUT2D eigenvalue weighted by atomic mass is 17.2. The van der Waals surface area contributed by atoms with E-state index in [0.717, 1.165) is 109 Å². The van der Waals surface area contributed by atoms with E-state index in [9.17, 15) is 4.74 Å². The zero-order valence-electron chi connectivity index (χ0n) is 53.3. The Hall–Kier alpha value is -8.76. The van der Waals surface area contributed by atoms with Crippen molar-refractivity contribution in [3.63, 3.8) is 0 Å². The molecule has 2 N–H and O–H groups in total. The molecule has 6 atom stereocenters. The van der Waals surface area contributed by atoms with Crippen LogP contribution in [0.25, 0.3) is 215 Å². The summed E-state index contributed by atoms with van der Waals surface area (Å²) in [5.74, 6) is 1.13. The van der Waals surface area contributed by atoms with Crippen LogP contribution in [-0.4, -0.2) is 40.3 Å². The van der Waals surface area contributed by atoms with Gasteiger partial charge in [-0.3, -0.25) is 0 Å². The molecule has 0 radical (unpaired) electrons. The molecule has 0 spiro atoms. The van der Waals surface area contributed by atoms with E-state index in [-0.39, 0.29) is 0 Å². The van der Waals surface area contributed by atoms with Crippen LogP contribution >= 0.6 is 0 Å². The summed E-state index contributed by atoms with van der Waals surface area (Å²) in [6.07, 6.45) is 0. The van der Waals surface area contributed by atoms with Crippen molar-refractivity contribution in [1.82, 2.24) is 0 Å². The van der Waals surface area contributed by atoms with E-state index in [1.54, 1.807) is 7.11 Å². The molecule has 32 rings (SSSR count). The summed E-state index contributed by atoms with van der Waals surface area (Å²) in [6.45, 7) is 24.8. The van der Waals surface area contributed by atoms with Crippen LogP contribution in [0.5, 0.6) is 5.75 Å². The van der Waals surface area contributed by atoms with Crippen LogP contribution in [0.4, 0.5) is 5.69 Å². The summed E-state index contributed by atoms with van der Waals surface area (Å²) in [5, 5.41) is 72.3. The van der Waals surface area contributed by atoms with E-state index in [1.807, 2.05) is 12.1 Å². The molecule has 9 aliphatic carbocycles. The van der Waals surface area contributed by atoms with Crippen molar-refractivity contribution in [2.45, 2.75) is 139 Å². The number of hydrogen-bond donors (Lipinski definition) is 2. The Balaban J connectivity index is 1.02. The number of nitrogens with one attached hydrogen (secondary N) is 1. The lowest BCUT2D eigenvalue weighted by molar-refractivity contribution is -0.433. The molecule has 0 aromatic heterocycles. The van der Waals surface area contributed by atoms with Crippen molar-refractivity contribution in [3.8, 4) is 5.75 Å². The Bertz CT molecular complexity index is 7860. The lowest BCUT2D eigenvalue weighted by atomic mass is 9.50. The third kappa shape index (κ3) is 3.16. The van der Waals surface area contributed by atoms with Crippen molar-refractivity contribution in [2.24, 2.45) is 0 Å². The van der Waals surface area contributed by atoms with Crippen molar-refractivity contribution in [3.05, 3.63) is 102 Å².